The number of nitrogens with zero attached hydrogens (tertiary/aromatic N) is 3. The van der Waals surface area contributed by atoms with Crippen molar-refractivity contribution in [3.63, 3.8) is 0 Å². The van der Waals surface area contributed by atoms with E-state index in [-0.39, 0.29) is 0 Å². The van der Waals surface area contributed by atoms with E-state index < -0.39 is 17.0 Å². The molecule has 3 nitrogen and oxygen atoms in total. The predicted octanol–water partition coefficient (Wildman–Crippen LogP) is 3.25. The van der Waals surface area contributed by atoms with E-state index in [9.17, 15) is 8.78 Å². The molecule has 1 heterocycles. The lowest BCUT2D eigenvalue weighted by molar-refractivity contribution is 0.416. The lowest BCUT2D eigenvalue weighted by atomic mass is 9.91. The van der Waals surface area contributed by atoms with E-state index >= 15 is 0 Å². The average molecular weight is 249 g/mol. The molecular weight excluding hydrogens is 236 g/mol. The first-order chi connectivity index (χ1) is 8.43. The molecule has 0 aliphatic rings. The highest BCUT2D eigenvalue weighted by molar-refractivity contribution is 5.75. The van der Waals surface area contributed by atoms with Crippen molar-refractivity contribution in [1.29, 1.82) is 5.26 Å². The normalized spacial score (nSPS) is 11.7. The fourth-order valence-electron chi connectivity index (χ4n) is 1.69. The summed E-state index contributed by atoms with van der Waals surface area (Å²) < 4.78 is 27.9. The van der Waals surface area contributed by atoms with Gasteiger partial charge < -0.3 is 4.57 Å². The predicted molar refractivity (Wildman–Crippen MR) is 63.7 cm³/mol. The van der Waals surface area contributed by atoms with Gasteiger partial charge in [-0.1, -0.05) is 0 Å². The molecule has 94 valence electrons. The maximum atomic E-state index is 13.2. The summed E-state index contributed by atoms with van der Waals surface area (Å²) in [6.07, 6.45) is 2.16. The van der Waals surface area contributed by atoms with E-state index in [0.29, 0.717) is 24.0 Å². The third-order valence-corrected chi connectivity index (χ3v) is 2.94. The molecule has 18 heavy (non-hydrogen) atoms. The van der Waals surface area contributed by atoms with Gasteiger partial charge in [0.25, 0.3) is 0 Å². The molecule has 0 atom stereocenters. The largest absolute Gasteiger partial charge is 0.330 e. The summed E-state index contributed by atoms with van der Waals surface area (Å²) in [5.41, 5.74) is 0.515. The number of fused-ring (bicyclic) bond motifs is 1. The van der Waals surface area contributed by atoms with Crippen molar-refractivity contribution in [2.75, 3.05) is 0 Å². The Morgan fingerprint density at radius 2 is 2.00 bits per heavy atom. The molecule has 0 fully saturated rings. The minimum Gasteiger partial charge on any atom is -0.330 e. The Hall–Kier alpha value is -1.96. The highest BCUT2D eigenvalue weighted by Gasteiger charge is 2.17. The number of hydrogen-bond donors (Lipinski definition) is 0. The van der Waals surface area contributed by atoms with Crippen molar-refractivity contribution in [2.24, 2.45) is 5.41 Å². The van der Waals surface area contributed by atoms with Gasteiger partial charge in [-0.05, 0) is 20.3 Å². The van der Waals surface area contributed by atoms with Crippen LogP contribution >= 0.6 is 0 Å². The summed E-state index contributed by atoms with van der Waals surface area (Å²) in [7, 11) is 0. The molecule has 0 amide bonds. The Bertz CT molecular complexity index is 623. The van der Waals surface area contributed by atoms with Crippen LogP contribution in [0.4, 0.5) is 8.78 Å². The fourth-order valence-corrected chi connectivity index (χ4v) is 1.69. The third kappa shape index (κ3) is 2.33. The monoisotopic (exact) mass is 249 g/mol. The lowest BCUT2D eigenvalue weighted by Gasteiger charge is -2.15. The highest BCUT2D eigenvalue weighted by atomic mass is 19.2. The van der Waals surface area contributed by atoms with Gasteiger partial charge >= 0.3 is 0 Å². The molecule has 0 unspecified atom stereocenters. The summed E-state index contributed by atoms with van der Waals surface area (Å²) >= 11 is 0. The van der Waals surface area contributed by atoms with E-state index in [2.05, 4.69) is 11.1 Å². The number of imidazole rings is 1. The summed E-state index contributed by atoms with van der Waals surface area (Å²) in [6, 6.07) is 4.42. The average Bonchev–Trinajstić information content (AvgIpc) is 2.70. The molecule has 2 aromatic rings. The van der Waals surface area contributed by atoms with Gasteiger partial charge in [0.2, 0.25) is 0 Å². The number of hydrogen-bond acceptors (Lipinski definition) is 2. The maximum Gasteiger partial charge on any atom is 0.161 e. The zero-order chi connectivity index (χ0) is 13.3. The van der Waals surface area contributed by atoms with E-state index in [4.69, 9.17) is 5.26 Å². The lowest BCUT2D eigenvalue weighted by Crippen LogP contribution is -2.12. The molecule has 0 aliphatic carbocycles. The molecule has 2 rings (SSSR count). The summed E-state index contributed by atoms with van der Waals surface area (Å²) in [5, 5.41) is 8.93. The van der Waals surface area contributed by atoms with Crippen LogP contribution in [-0.2, 0) is 6.54 Å². The van der Waals surface area contributed by atoms with Gasteiger partial charge in [-0.2, -0.15) is 5.26 Å². The van der Waals surface area contributed by atoms with Crippen molar-refractivity contribution in [3.8, 4) is 6.07 Å². The van der Waals surface area contributed by atoms with E-state index in [1.807, 2.05) is 13.8 Å². The quantitative estimate of drug-likeness (QED) is 0.837. The minimum atomic E-state index is -0.898. The summed E-state index contributed by atoms with van der Waals surface area (Å²) in [5.74, 6) is -1.78. The van der Waals surface area contributed by atoms with Crippen LogP contribution in [-0.4, -0.2) is 9.55 Å². The number of rotatable bonds is 3. The minimum absolute atomic E-state index is 0.420. The van der Waals surface area contributed by atoms with Crippen molar-refractivity contribution in [2.45, 2.75) is 26.8 Å². The molecule has 0 saturated carbocycles. The first kappa shape index (κ1) is 12.5. The molecule has 0 aliphatic heterocycles. The Labute approximate surface area is 104 Å². The second-order valence-corrected chi connectivity index (χ2v) is 4.94. The van der Waals surface area contributed by atoms with Crippen molar-refractivity contribution in [3.05, 3.63) is 30.1 Å². The molecule has 1 aromatic heterocycles. The maximum absolute atomic E-state index is 13.2. The molecule has 0 spiro atoms. The zero-order valence-electron chi connectivity index (χ0n) is 10.2. The highest BCUT2D eigenvalue weighted by Crippen LogP contribution is 2.22. The van der Waals surface area contributed by atoms with Crippen molar-refractivity contribution >= 4 is 11.0 Å². The number of benzene rings is 1. The van der Waals surface area contributed by atoms with Crippen LogP contribution in [0.1, 0.15) is 20.3 Å². The van der Waals surface area contributed by atoms with E-state index in [1.54, 1.807) is 4.57 Å². The standard InChI is InChI=1S/C13H13F2N3/c1-13(2,7-16)3-4-18-8-17-11-5-9(14)10(15)6-12(11)18/h5-6,8H,3-4H2,1-2H3. The number of nitriles is 1. The van der Waals surface area contributed by atoms with Gasteiger partial charge in [0, 0.05) is 18.7 Å². The molecule has 5 heteroatoms. The van der Waals surface area contributed by atoms with E-state index in [0.717, 1.165) is 12.1 Å². The van der Waals surface area contributed by atoms with Crippen LogP contribution in [0.25, 0.3) is 11.0 Å². The van der Waals surface area contributed by atoms with Gasteiger partial charge in [-0.15, -0.1) is 0 Å². The van der Waals surface area contributed by atoms with Crippen LogP contribution in [0.3, 0.4) is 0 Å². The van der Waals surface area contributed by atoms with Gasteiger partial charge in [-0.25, -0.2) is 13.8 Å². The third-order valence-electron chi connectivity index (χ3n) is 2.94. The Morgan fingerprint density at radius 1 is 1.33 bits per heavy atom. The smallest absolute Gasteiger partial charge is 0.161 e. The SMILES string of the molecule is CC(C)(C#N)CCn1cnc2cc(F)c(F)cc21. The van der Waals surface area contributed by atoms with Crippen LogP contribution in [0.5, 0.6) is 0 Å². The molecule has 0 radical (unpaired) electrons. The second kappa shape index (κ2) is 4.37. The van der Waals surface area contributed by atoms with E-state index in [1.165, 1.54) is 6.33 Å². The molecule has 1 aromatic carbocycles. The molecule has 0 bridgehead atoms. The van der Waals surface area contributed by atoms with Gasteiger partial charge in [-0.3, -0.25) is 0 Å². The van der Waals surface area contributed by atoms with Crippen LogP contribution in [0.15, 0.2) is 18.5 Å². The number of halogens is 2. The Morgan fingerprint density at radius 3 is 2.67 bits per heavy atom. The molecular formula is C13H13F2N3. The van der Waals surface area contributed by atoms with Crippen LogP contribution in [0, 0.1) is 28.4 Å². The van der Waals surface area contributed by atoms with Gasteiger partial charge in [0.15, 0.2) is 11.6 Å². The topological polar surface area (TPSA) is 41.6 Å². The fraction of sp³-hybridized carbons (Fsp3) is 0.385. The van der Waals surface area contributed by atoms with Crippen molar-refractivity contribution < 1.29 is 8.78 Å². The first-order valence-electron chi connectivity index (χ1n) is 5.64. The second-order valence-electron chi connectivity index (χ2n) is 4.94. The molecule has 0 N–H and O–H groups in total. The van der Waals surface area contributed by atoms with Gasteiger partial charge in [0.05, 0.1) is 28.8 Å². The van der Waals surface area contributed by atoms with Gasteiger partial charge in [0.1, 0.15) is 0 Å². The summed E-state index contributed by atoms with van der Waals surface area (Å²) in [6.45, 7) is 4.22. The zero-order valence-corrected chi connectivity index (χ0v) is 10.2. The number of aromatic nitrogens is 2. The number of aryl methyl sites for hydroxylation is 1. The Kier molecular flexibility index (Phi) is 3.04. The van der Waals surface area contributed by atoms with Crippen molar-refractivity contribution in [1.82, 2.24) is 9.55 Å². The van der Waals surface area contributed by atoms with Crippen LogP contribution in [0.2, 0.25) is 0 Å². The van der Waals surface area contributed by atoms with Crippen LogP contribution < -0.4 is 0 Å². The Balaban J connectivity index is 2.30. The molecule has 0 saturated heterocycles. The summed E-state index contributed by atoms with van der Waals surface area (Å²) in [4.78, 5) is 4.02. The first-order valence-corrected chi connectivity index (χ1v) is 5.64.